The van der Waals surface area contributed by atoms with Crippen molar-refractivity contribution in [2.24, 2.45) is 0 Å². The lowest BCUT2D eigenvalue weighted by Gasteiger charge is -2.04. The zero-order valence-corrected chi connectivity index (χ0v) is 8.62. The van der Waals surface area contributed by atoms with E-state index in [-0.39, 0.29) is 5.82 Å². The van der Waals surface area contributed by atoms with E-state index in [0.717, 1.165) is 0 Å². The third-order valence-electron chi connectivity index (χ3n) is 1.25. The molecule has 0 saturated heterocycles. The third kappa shape index (κ3) is 3.17. The molecule has 0 aliphatic rings. The van der Waals surface area contributed by atoms with E-state index < -0.39 is 12.6 Å². The molecule has 0 bridgehead atoms. The smallest absolute Gasteiger partial charge is 0.341 e. The zero-order chi connectivity index (χ0) is 9.84. The molecular formula is C8H6FIO3. The van der Waals surface area contributed by atoms with E-state index in [0.29, 0.717) is 9.32 Å². The van der Waals surface area contributed by atoms with Crippen LogP contribution in [0.25, 0.3) is 0 Å². The van der Waals surface area contributed by atoms with Gasteiger partial charge in [-0.25, -0.2) is 9.18 Å². The molecule has 0 aliphatic heterocycles. The van der Waals surface area contributed by atoms with Gasteiger partial charge in [0.25, 0.3) is 0 Å². The molecule has 70 valence electrons. The van der Waals surface area contributed by atoms with E-state index in [1.807, 2.05) is 22.6 Å². The van der Waals surface area contributed by atoms with Crippen LogP contribution in [0.1, 0.15) is 0 Å². The number of aliphatic carboxylic acids is 1. The Bertz CT molecular complexity index is 327. The van der Waals surface area contributed by atoms with Crippen molar-refractivity contribution in [1.29, 1.82) is 0 Å². The largest absolute Gasteiger partial charge is 0.481 e. The fourth-order valence-electron chi connectivity index (χ4n) is 0.732. The van der Waals surface area contributed by atoms with E-state index in [1.165, 1.54) is 18.2 Å². The summed E-state index contributed by atoms with van der Waals surface area (Å²) in [6.45, 7) is -0.415. The van der Waals surface area contributed by atoms with Gasteiger partial charge in [-0.05, 0) is 40.8 Å². The van der Waals surface area contributed by atoms with Gasteiger partial charge >= 0.3 is 5.97 Å². The lowest BCUT2D eigenvalue weighted by molar-refractivity contribution is -0.139. The minimum absolute atomic E-state index is 0.368. The first-order chi connectivity index (χ1) is 6.09. The van der Waals surface area contributed by atoms with E-state index in [9.17, 15) is 9.18 Å². The van der Waals surface area contributed by atoms with Crippen LogP contribution in [0.4, 0.5) is 4.39 Å². The van der Waals surface area contributed by atoms with Crippen molar-refractivity contribution >= 4 is 28.6 Å². The monoisotopic (exact) mass is 296 g/mol. The maximum Gasteiger partial charge on any atom is 0.341 e. The number of hydrogen-bond acceptors (Lipinski definition) is 2. The fourth-order valence-corrected chi connectivity index (χ4v) is 1.36. The number of benzene rings is 1. The molecule has 0 fully saturated rings. The van der Waals surface area contributed by atoms with Gasteiger partial charge in [-0.15, -0.1) is 0 Å². The van der Waals surface area contributed by atoms with Crippen LogP contribution in [0.3, 0.4) is 0 Å². The lowest BCUT2D eigenvalue weighted by atomic mass is 10.3. The van der Waals surface area contributed by atoms with Gasteiger partial charge in [0.2, 0.25) is 0 Å². The maximum absolute atomic E-state index is 12.6. The van der Waals surface area contributed by atoms with Crippen molar-refractivity contribution in [3.8, 4) is 5.75 Å². The van der Waals surface area contributed by atoms with Crippen molar-refractivity contribution in [2.45, 2.75) is 0 Å². The van der Waals surface area contributed by atoms with Crippen molar-refractivity contribution < 1.29 is 19.0 Å². The van der Waals surface area contributed by atoms with E-state index in [4.69, 9.17) is 9.84 Å². The van der Waals surface area contributed by atoms with Gasteiger partial charge in [-0.1, -0.05) is 0 Å². The molecule has 0 atom stereocenters. The van der Waals surface area contributed by atoms with Crippen molar-refractivity contribution in [3.05, 3.63) is 27.6 Å². The summed E-state index contributed by atoms with van der Waals surface area (Å²) in [7, 11) is 0. The molecule has 1 N–H and O–H groups in total. The van der Waals surface area contributed by atoms with Crippen LogP contribution >= 0.6 is 22.6 Å². The Balaban J connectivity index is 2.72. The first-order valence-corrected chi connectivity index (χ1v) is 4.47. The Hall–Kier alpha value is -0.850. The van der Waals surface area contributed by atoms with Gasteiger partial charge in [0, 0.05) is 0 Å². The number of carboxylic acids is 1. The third-order valence-corrected chi connectivity index (χ3v) is 2.09. The molecule has 5 heteroatoms. The second kappa shape index (κ2) is 4.40. The molecule has 0 aromatic heterocycles. The topological polar surface area (TPSA) is 46.5 Å². The normalized spacial score (nSPS) is 9.69. The van der Waals surface area contributed by atoms with Crippen LogP contribution in [0.15, 0.2) is 18.2 Å². The number of carboxylic acid groups (broad SMARTS) is 1. The van der Waals surface area contributed by atoms with Crippen LogP contribution < -0.4 is 4.74 Å². The lowest BCUT2D eigenvalue weighted by Crippen LogP contribution is -2.10. The summed E-state index contributed by atoms with van der Waals surface area (Å²) >= 11 is 1.87. The summed E-state index contributed by atoms with van der Waals surface area (Å²) in [5.74, 6) is -1.04. The second-order valence-electron chi connectivity index (χ2n) is 2.26. The highest BCUT2D eigenvalue weighted by Gasteiger charge is 2.04. The number of halogens is 2. The Kier molecular flexibility index (Phi) is 3.47. The molecule has 1 aromatic carbocycles. The molecular weight excluding hydrogens is 290 g/mol. The summed E-state index contributed by atoms with van der Waals surface area (Å²) in [6, 6.07) is 3.90. The summed E-state index contributed by atoms with van der Waals surface area (Å²) in [4.78, 5) is 10.1. The molecule has 0 heterocycles. The molecule has 0 aliphatic carbocycles. The quantitative estimate of drug-likeness (QED) is 0.867. The molecule has 1 aromatic rings. The van der Waals surface area contributed by atoms with Crippen LogP contribution in [-0.4, -0.2) is 17.7 Å². The first kappa shape index (κ1) is 10.2. The summed E-state index contributed by atoms with van der Waals surface area (Å²) < 4.78 is 18.0. The molecule has 1 rings (SSSR count). The Morgan fingerprint density at radius 2 is 2.31 bits per heavy atom. The van der Waals surface area contributed by atoms with Crippen LogP contribution in [0.2, 0.25) is 0 Å². The van der Waals surface area contributed by atoms with E-state index in [1.54, 1.807) is 0 Å². The van der Waals surface area contributed by atoms with Crippen LogP contribution in [0, 0.1) is 9.39 Å². The predicted octanol–water partition coefficient (Wildman–Crippen LogP) is 1.89. The summed E-state index contributed by atoms with van der Waals surface area (Å²) in [6.07, 6.45) is 0. The molecule has 0 amide bonds. The van der Waals surface area contributed by atoms with E-state index in [2.05, 4.69) is 0 Å². The molecule has 0 spiro atoms. The minimum atomic E-state index is -1.06. The Morgan fingerprint density at radius 1 is 1.62 bits per heavy atom. The number of carbonyl (C=O) groups is 1. The SMILES string of the molecule is O=C(O)COc1ccc(F)cc1I. The molecule has 0 saturated carbocycles. The first-order valence-electron chi connectivity index (χ1n) is 3.39. The summed E-state index contributed by atoms with van der Waals surface area (Å²) in [5, 5.41) is 8.32. The van der Waals surface area contributed by atoms with Crippen molar-refractivity contribution in [2.75, 3.05) is 6.61 Å². The second-order valence-corrected chi connectivity index (χ2v) is 3.42. The standard InChI is InChI=1S/C8H6FIO3/c9-5-1-2-7(6(10)3-5)13-4-8(11)12/h1-3H,4H2,(H,11,12). The molecule has 0 unspecified atom stereocenters. The van der Waals surface area contributed by atoms with Crippen molar-refractivity contribution in [3.63, 3.8) is 0 Å². The fraction of sp³-hybridized carbons (Fsp3) is 0.125. The number of rotatable bonds is 3. The van der Waals surface area contributed by atoms with E-state index >= 15 is 0 Å². The van der Waals surface area contributed by atoms with Gasteiger partial charge in [0.05, 0.1) is 3.57 Å². The van der Waals surface area contributed by atoms with Gasteiger partial charge in [0.1, 0.15) is 11.6 Å². The highest BCUT2D eigenvalue weighted by atomic mass is 127. The molecule has 13 heavy (non-hydrogen) atoms. The zero-order valence-electron chi connectivity index (χ0n) is 6.46. The Morgan fingerprint density at radius 3 is 2.85 bits per heavy atom. The average Bonchev–Trinajstić information content (AvgIpc) is 2.02. The van der Waals surface area contributed by atoms with Crippen molar-refractivity contribution in [1.82, 2.24) is 0 Å². The van der Waals surface area contributed by atoms with Gasteiger partial charge in [-0.3, -0.25) is 0 Å². The number of ether oxygens (including phenoxy) is 1. The predicted molar refractivity (Wildman–Crippen MR) is 52.2 cm³/mol. The van der Waals surface area contributed by atoms with Crippen LogP contribution in [-0.2, 0) is 4.79 Å². The summed E-state index contributed by atoms with van der Waals surface area (Å²) in [5.41, 5.74) is 0. The van der Waals surface area contributed by atoms with Crippen LogP contribution in [0.5, 0.6) is 5.75 Å². The molecule has 0 radical (unpaired) electrons. The maximum atomic E-state index is 12.6. The Labute approximate surface area is 87.7 Å². The number of hydrogen-bond donors (Lipinski definition) is 1. The van der Waals surface area contributed by atoms with Gasteiger partial charge < -0.3 is 9.84 Å². The average molecular weight is 296 g/mol. The highest BCUT2D eigenvalue weighted by molar-refractivity contribution is 14.1. The van der Waals surface area contributed by atoms with Gasteiger partial charge in [-0.2, -0.15) is 0 Å². The minimum Gasteiger partial charge on any atom is -0.481 e. The highest BCUT2D eigenvalue weighted by Crippen LogP contribution is 2.21. The molecule has 3 nitrogen and oxygen atoms in total. The van der Waals surface area contributed by atoms with Gasteiger partial charge in [0.15, 0.2) is 6.61 Å².